The fourth-order valence-electron chi connectivity index (χ4n) is 9.70. The summed E-state index contributed by atoms with van der Waals surface area (Å²) in [7, 11) is 0. The van der Waals surface area contributed by atoms with Gasteiger partial charge in [0.25, 0.3) is 0 Å². The number of hydrogen-bond donors (Lipinski definition) is 1. The van der Waals surface area contributed by atoms with Gasteiger partial charge in [-0.25, -0.2) is 4.79 Å². The molecule has 4 fully saturated rings. The second kappa shape index (κ2) is 9.91. The predicted molar refractivity (Wildman–Crippen MR) is 139 cm³/mol. The highest BCUT2D eigenvalue weighted by Gasteiger charge is 2.63. The van der Waals surface area contributed by atoms with E-state index in [-0.39, 0.29) is 23.6 Å². The molecule has 4 aliphatic carbocycles. The second-order valence-electron chi connectivity index (χ2n) is 13.8. The molecule has 1 unspecified atom stereocenters. The highest BCUT2D eigenvalue weighted by atomic mass is 16.5. The van der Waals surface area contributed by atoms with Gasteiger partial charge in [-0.1, -0.05) is 60.5 Å². The van der Waals surface area contributed by atoms with E-state index < -0.39 is 0 Å². The number of ether oxygens (including phenoxy) is 1. The molecule has 0 saturated heterocycles. The molecule has 10 atom stereocenters. The molecule has 0 radical (unpaired) electrons. The molecule has 4 rings (SSSR count). The minimum absolute atomic E-state index is 0.0183. The van der Waals surface area contributed by atoms with Crippen LogP contribution in [0, 0.1) is 52.3 Å². The van der Waals surface area contributed by atoms with Crippen molar-refractivity contribution >= 4 is 5.97 Å². The third-order valence-corrected chi connectivity index (χ3v) is 11.5. The maximum atomic E-state index is 12.6. The van der Waals surface area contributed by atoms with Gasteiger partial charge in [0, 0.05) is 17.4 Å². The average Bonchev–Trinajstić information content (AvgIpc) is 3.11. The van der Waals surface area contributed by atoms with Gasteiger partial charge in [0.1, 0.15) is 6.10 Å². The summed E-state index contributed by atoms with van der Waals surface area (Å²) in [5, 5.41) is 10.7. The number of hydrogen-bond acceptors (Lipinski definition) is 3. The van der Waals surface area contributed by atoms with Crippen LogP contribution in [0.4, 0.5) is 0 Å². The Hall–Kier alpha value is -0.830. The fraction of sp³-hybridized carbons (Fsp3) is 0.903. The van der Waals surface area contributed by atoms with Crippen molar-refractivity contribution in [3.05, 3.63) is 12.2 Å². The summed E-state index contributed by atoms with van der Waals surface area (Å²) in [5.74, 6) is 4.84. The lowest BCUT2D eigenvalue weighted by Crippen LogP contribution is -2.60. The topological polar surface area (TPSA) is 46.5 Å². The van der Waals surface area contributed by atoms with Crippen molar-refractivity contribution in [2.24, 2.45) is 52.3 Å². The number of rotatable bonds is 7. The molecule has 0 aromatic carbocycles. The Morgan fingerprint density at radius 1 is 1.03 bits per heavy atom. The molecule has 0 heterocycles. The summed E-state index contributed by atoms with van der Waals surface area (Å²) in [6.45, 7) is 17.8. The van der Waals surface area contributed by atoms with Crippen LogP contribution in [0.5, 0.6) is 0 Å². The Kier molecular flexibility index (Phi) is 7.65. The van der Waals surface area contributed by atoms with Crippen LogP contribution < -0.4 is 0 Å². The third kappa shape index (κ3) is 4.53. The lowest BCUT2D eigenvalue weighted by molar-refractivity contribution is -0.200. The first kappa shape index (κ1) is 26.2. The number of aliphatic hydroxyl groups excluding tert-OH is 1. The number of carbonyl (C=O) groups excluding carboxylic acids is 1. The zero-order valence-corrected chi connectivity index (χ0v) is 22.9. The molecular weight excluding hydrogens is 420 g/mol. The SMILES string of the molecule is C=C(C)C(=O)OC1C[C@@H](O)C[C@H]2CC[C@@H]3[C@@H]4CC[C@H]([C@H](C)CCCC(C)C)[C@@]4(C)CC[C@@H]3[C@@]12C. The number of aliphatic hydroxyl groups is 1. The van der Waals surface area contributed by atoms with Crippen molar-refractivity contribution in [1.29, 1.82) is 0 Å². The van der Waals surface area contributed by atoms with Crippen LogP contribution in [0.2, 0.25) is 0 Å². The van der Waals surface area contributed by atoms with Crippen LogP contribution >= 0.6 is 0 Å². The van der Waals surface area contributed by atoms with Crippen molar-refractivity contribution in [2.45, 2.75) is 124 Å². The molecule has 0 aromatic rings. The molecule has 4 aliphatic rings. The van der Waals surface area contributed by atoms with E-state index in [2.05, 4.69) is 41.2 Å². The van der Waals surface area contributed by atoms with Gasteiger partial charge in [-0.05, 0) is 98.7 Å². The molecule has 3 nitrogen and oxygen atoms in total. The largest absolute Gasteiger partial charge is 0.458 e. The van der Waals surface area contributed by atoms with Crippen molar-refractivity contribution in [1.82, 2.24) is 0 Å². The van der Waals surface area contributed by atoms with Gasteiger partial charge >= 0.3 is 5.97 Å². The molecule has 4 saturated carbocycles. The minimum Gasteiger partial charge on any atom is -0.458 e. The van der Waals surface area contributed by atoms with E-state index in [1.807, 2.05) is 0 Å². The first-order valence-electron chi connectivity index (χ1n) is 14.5. The van der Waals surface area contributed by atoms with Crippen LogP contribution in [0.1, 0.15) is 112 Å². The van der Waals surface area contributed by atoms with Crippen molar-refractivity contribution < 1.29 is 14.6 Å². The molecule has 34 heavy (non-hydrogen) atoms. The Morgan fingerprint density at radius 3 is 2.44 bits per heavy atom. The Morgan fingerprint density at radius 2 is 1.76 bits per heavy atom. The lowest BCUT2D eigenvalue weighted by atomic mass is 9.43. The Bertz CT molecular complexity index is 758. The fourth-order valence-corrected chi connectivity index (χ4v) is 9.70. The van der Waals surface area contributed by atoms with Crippen molar-refractivity contribution in [3.63, 3.8) is 0 Å². The van der Waals surface area contributed by atoms with Crippen LogP contribution in [0.3, 0.4) is 0 Å². The van der Waals surface area contributed by atoms with E-state index >= 15 is 0 Å². The quantitative estimate of drug-likeness (QED) is 0.307. The number of fused-ring (bicyclic) bond motifs is 5. The van der Waals surface area contributed by atoms with E-state index in [0.29, 0.717) is 29.2 Å². The highest BCUT2D eigenvalue weighted by Crippen LogP contribution is 2.68. The number of carbonyl (C=O) groups is 1. The van der Waals surface area contributed by atoms with E-state index in [1.165, 1.54) is 57.8 Å². The van der Waals surface area contributed by atoms with Gasteiger partial charge in [0.2, 0.25) is 0 Å². The molecule has 194 valence electrons. The van der Waals surface area contributed by atoms with Crippen molar-refractivity contribution in [3.8, 4) is 0 Å². The molecule has 0 bridgehead atoms. The summed E-state index contributed by atoms with van der Waals surface area (Å²) < 4.78 is 6.11. The number of esters is 1. The van der Waals surface area contributed by atoms with Crippen LogP contribution in [0.15, 0.2) is 12.2 Å². The lowest BCUT2D eigenvalue weighted by Gasteiger charge is -2.62. The summed E-state index contributed by atoms with van der Waals surface area (Å²) in [6.07, 6.45) is 12.9. The van der Waals surface area contributed by atoms with E-state index in [0.717, 1.165) is 36.0 Å². The summed E-state index contributed by atoms with van der Waals surface area (Å²) >= 11 is 0. The zero-order chi connectivity index (χ0) is 24.8. The average molecular weight is 473 g/mol. The van der Waals surface area contributed by atoms with Crippen LogP contribution in [-0.2, 0) is 9.53 Å². The van der Waals surface area contributed by atoms with Crippen LogP contribution in [0.25, 0.3) is 0 Å². The van der Waals surface area contributed by atoms with Crippen molar-refractivity contribution in [2.75, 3.05) is 0 Å². The van der Waals surface area contributed by atoms with E-state index in [4.69, 9.17) is 4.74 Å². The molecule has 0 amide bonds. The summed E-state index contributed by atoms with van der Waals surface area (Å²) in [6, 6.07) is 0. The van der Waals surface area contributed by atoms with Crippen LogP contribution in [-0.4, -0.2) is 23.3 Å². The summed E-state index contributed by atoms with van der Waals surface area (Å²) in [4.78, 5) is 12.6. The first-order chi connectivity index (χ1) is 16.0. The summed E-state index contributed by atoms with van der Waals surface area (Å²) in [5.41, 5.74) is 0.920. The zero-order valence-electron chi connectivity index (χ0n) is 22.9. The van der Waals surface area contributed by atoms with Gasteiger partial charge in [0.05, 0.1) is 6.10 Å². The smallest absolute Gasteiger partial charge is 0.333 e. The normalized spacial score (nSPS) is 44.6. The van der Waals surface area contributed by atoms with Gasteiger partial charge < -0.3 is 9.84 Å². The second-order valence-corrected chi connectivity index (χ2v) is 13.8. The molecule has 0 aliphatic heterocycles. The maximum absolute atomic E-state index is 12.6. The monoisotopic (exact) mass is 472 g/mol. The molecule has 3 heteroatoms. The standard InChI is InChI=1S/C31H52O3/c1-19(2)9-8-10-21(5)25-13-14-26-24-12-11-22-17-23(32)18-28(34-29(33)20(3)4)31(22,7)27(24)15-16-30(25,26)6/h19,21-28,32H,3,8-18H2,1-2,4-7H3/t21-,22-,23+,24-,25-,26+,27+,28?,30-,31+/m1/s1. The Balaban J connectivity index is 1.53. The van der Waals surface area contributed by atoms with E-state index in [1.54, 1.807) is 6.92 Å². The first-order valence-corrected chi connectivity index (χ1v) is 14.5. The van der Waals surface area contributed by atoms with Gasteiger partial charge in [-0.3, -0.25) is 0 Å². The predicted octanol–water partition coefficient (Wildman–Crippen LogP) is 7.57. The maximum Gasteiger partial charge on any atom is 0.333 e. The van der Waals surface area contributed by atoms with Gasteiger partial charge in [-0.2, -0.15) is 0 Å². The molecule has 0 aromatic heterocycles. The minimum atomic E-state index is -0.353. The highest BCUT2D eigenvalue weighted by molar-refractivity contribution is 5.87. The van der Waals surface area contributed by atoms with Gasteiger partial charge in [0.15, 0.2) is 0 Å². The molecule has 0 spiro atoms. The van der Waals surface area contributed by atoms with Gasteiger partial charge in [-0.15, -0.1) is 0 Å². The molecule has 1 N–H and O–H groups in total. The Labute approximate surface area is 209 Å². The molecular formula is C31H52O3. The third-order valence-electron chi connectivity index (χ3n) is 11.5. The van der Waals surface area contributed by atoms with E-state index in [9.17, 15) is 9.90 Å².